The van der Waals surface area contributed by atoms with Crippen LogP contribution < -0.4 is 10.6 Å². The van der Waals surface area contributed by atoms with Crippen LogP contribution in [0.25, 0.3) is 0 Å². The van der Waals surface area contributed by atoms with Crippen molar-refractivity contribution in [2.24, 2.45) is 0 Å². The van der Waals surface area contributed by atoms with Crippen molar-refractivity contribution in [1.29, 1.82) is 0 Å². The Hall–Kier alpha value is -1.10. The second-order valence-electron chi connectivity index (χ2n) is 3.57. The van der Waals surface area contributed by atoms with E-state index < -0.39 is 0 Å². The van der Waals surface area contributed by atoms with Crippen molar-refractivity contribution in [3.8, 4) is 0 Å². The molecule has 0 amide bonds. The third-order valence-electron chi connectivity index (χ3n) is 2.45. The van der Waals surface area contributed by atoms with Crippen LogP contribution in [0.5, 0.6) is 0 Å². The van der Waals surface area contributed by atoms with Crippen LogP contribution >= 0.6 is 20.3 Å². The summed E-state index contributed by atoms with van der Waals surface area (Å²) in [4.78, 5) is 0. The molecule has 0 N–H and O–H groups in total. The van der Waals surface area contributed by atoms with Gasteiger partial charge >= 0.3 is 0 Å². The average molecular weight is 263 g/mol. The Labute approximate surface area is 111 Å². The van der Waals surface area contributed by atoms with Crippen molar-refractivity contribution in [3.05, 3.63) is 73.3 Å². The molecule has 0 aliphatic rings. The van der Waals surface area contributed by atoms with Crippen molar-refractivity contribution >= 4 is 30.9 Å². The molecule has 17 heavy (non-hydrogen) atoms. The molecule has 0 spiro atoms. The van der Waals surface area contributed by atoms with E-state index in [1.165, 1.54) is 10.6 Å². The summed E-state index contributed by atoms with van der Waals surface area (Å²) in [6.45, 7) is 3.87. The quantitative estimate of drug-likeness (QED) is 0.582. The van der Waals surface area contributed by atoms with Crippen molar-refractivity contribution in [2.75, 3.05) is 6.16 Å². The fourth-order valence-corrected chi connectivity index (χ4v) is 3.75. The zero-order chi connectivity index (χ0) is 11.2. The summed E-state index contributed by atoms with van der Waals surface area (Å²) in [6, 6.07) is 21.4. The lowest BCUT2D eigenvalue weighted by atomic mass is 10.4. The lowest BCUT2D eigenvalue weighted by molar-refractivity contribution is 1.71. The van der Waals surface area contributed by atoms with Crippen molar-refractivity contribution < 1.29 is 0 Å². The molecule has 0 fully saturated rings. The first-order valence-corrected chi connectivity index (χ1v) is 6.93. The van der Waals surface area contributed by atoms with Crippen LogP contribution in [0.2, 0.25) is 0 Å². The van der Waals surface area contributed by atoms with Gasteiger partial charge in [-0.2, -0.15) is 0 Å². The summed E-state index contributed by atoms with van der Waals surface area (Å²) in [6.07, 6.45) is 3.06. The van der Waals surface area contributed by atoms with E-state index in [1.807, 2.05) is 6.08 Å². The maximum absolute atomic E-state index is 3.87. The van der Waals surface area contributed by atoms with E-state index in [1.54, 1.807) is 0 Å². The van der Waals surface area contributed by atoms with E-state index in [-0.39, 0.29) is 20.3 Å². The van der Waals surface area contributed by atoms with E-state index in [4.69, 9.17) is 0 Å². The van der Waals surface area contributed by atoms with Gasteiger partial charge in [0.1, 0.15) is 0 Å². The van der Waals surface area contributed by atoms with Gasteiger partial charge in [-0.15, -0.1) is 19.0 Å². The minimum absolute atomic E-state index is 0. The highest BCUT2D eigenvalue weighted by atomic mass is 35.5. The summed E-state index contributed by atoms with van der Waals surface area (Å²) in [5, 5.41) is 2.84. The van der Waals surface area contributed by atoms with Gasteiger partial charge in [0.05, 0.1) is 0 Å². The van der Waals surface area contributed by atoms with E-state index in [0.29, 0.717) is 0 Å². The molecular weight excluding hydrogens is 247 g/mol. The molecule has 0 bridgehead atoms. The predicted molar refractivity (Wildman–Crippen MR) is 81.4 cm³/mol. The molecule has 2 heteroatoms. The second kappa shape index (κ2) is 7.27. The zero-order valence-corrected chi connectivity index (χ0v) is 11.3. The molecule has 2 aromatic carbocycles. The Morgan fingerprint density at radius 2 is 1.24 bits per heavy atom. The first kappa shape index (κ1) is 14.0. The van der Waals surface area contributed by atoms with Gasteiger partial charge in [-0.25, -0.2) is 0 Å². The molecule has 2 rings (SSSR count). The predicted octanol–water partition coefficient (Wildman–Crippen LogP) is 3.73. The fourth-order valence-electron chi connectivity index (χ4n) is 1.70. The Morgan fingerprint density at radius 3 is 1.59 bits per heavy atom. The summed E-state index contributed by atoms with van der Waals surface area (Å²) < 4.78 is 0. The first-order chi connectivity index (χ1) is 7.92. The van der Waals surface area contributed by atoms with Crippen LogP contribution in [0.3, 0.4) is 0 Å². The number of benzene rings is 2. The second-order valence-corrected chi connectivity index (χ2v) is 5.82. The summed E-state index contributed by atoms with van der Waals surface area (Å²) >= 11 is 0. The normalized spacial score (nSPS) is 9.71. The van der Waals surface area contributed by atoms with Crippen molar-refractivity contribution in [1.82, 2.24) is 0 Å². The molecule has 0 unspecified atom stereocenters. The van der Waals surface area contributed by atoms with Crippen molar-refractivity contribution in [2.45, 2.75) is 0 Å². The fraction of sp³-hybridized carbons (Fsp3) is 0.0667. The van der Waals surface area contributed by atoms with Crippen LogP contribution in [-0.2, 0) is 0 Å². The molecule has 0 nitrogen and oxygen atoms in total. The number of hydrogen-bond donors (Lipinski definition) is 0. The van der Waals surface area contributed by atoms with E-state index >= 15 is 0 Å². The van der Waals surface area contributed by atoms with Crippen LogP contribution in [0.1, 0.15) is 0 Å². The lowest BCUT2D eigenvalue weighted by Crippen LogP contribution is -2.12. The highest BCUT2D eigenvalue weighted by Crippen LogP contribution is 2.32. The highest BCUT2D eigenvalue weighted by Gasteiger charge is 2.10. The minimum Gasteiger partial charge on any atom is -0.147 e. The average Bonchev–Trinajstić information content (AvgIpc) is 2.38. The van der Waals surface area contributed by atoms with Gasteiger partial charge in [0.15, 0.2) is 0 Å². The maximum Gasteiger partial charge on any atom is -0.00669 e. The molecule has 0 saturated carbocycles. The molecule has 0 atom stereocenters. The Balaban J connectivity index is 0.00000144. The minimum atomic E-state index is -0.269. The molecule has 0 saturated heterocycles. The first-order valence-electron chi connectivity index (χ1n) is 5.40. The van der Waals surface area contributed by atoms with Gasteiger partial charge in [-0.1, -0.05) is 66.7 Å². The standard InChI is InChI=1S/C15H15P.ClH/c1-2-13-16(14-9-5-3-6-10-14)15-11-7-4-8-12-15;/h2-12H,1,13H2;1H. The van der Waals surface area contributed by atoms with Gasteiger partial charge in [-0.05, 0) is 24.7 Å². The van der Waals surface area contributed by atoms with Gasteiger partial charge < -0.3 is 0 Å². The Morgan fingerprint density at radius 1 is 0.824 bits per heavy atom. The molecule has 88 valence electrons. The summed E-state index contributed by atoms with van der Waals surface area (Å²) in [5.41, 5.74) is 0. The lowest BCUT2D eigenvalue weighted by Gasteiger charge is -2.16. The van der Waals surface area contributed by atoms with Crippen LogP contribution in [0.4, 0.5) is 0 Å². The highest BCUT2D eigenvalue weighted by molar-refractivity contribution is 7.73. The topological polar surface area (TPSA) is 0 Å². The van der Waals surface area contributed by atoms with Gasteiger partial charge in [0.25, 0.3) is 0 Å². The Bertz CT molecular complexity index is 399. The molecular formula is C15H16ClP. The molecule has 0 radical (unpaired) electrons. The van der Waals surface area contributed by atoms with Gasteiger partial charge in [-0.3, -0.25) is 0 Å². The van der Waals surface area contributed by atoms with E-state index in [0.717, 1.165) is 6.16 Å². The molecule has 2 aromatic rings. The maximum atomic E-state index is 3.87. The van der Waals surface area contributed by atoms with Crippen molar-refractivity contribution in [3.63, 3.8) is 0 Å². The van der Waals surface area contributed by atoms with Gasteiger partial charge in [0, 0.05) is 0 Å². The summed E-state index contributed by atoms with van der Waals surface area (Å²) in [7, 11) is -0.269. The molecule has 0 aromatic heterocycles. The SMILES string of the molecule is C=CCP(c1ccccc1)c1ccccc1.Cl. The summed E-state index contributed by atoms with van der Waals surface area (Å²) in [5.74, 6) is 0. The molecule has 0 aliphatic carbocycles. The number of hydrogen-bond acceptors (Lipinski definition) is 0. The number of rotatable bonds is 4. The van der Waals surface area contributed by atoms with Gasteiger partial charge in [0.2, 0.25) is 0 Å². The zero-order valence-electron chi connectivity index (χ0n) is 9.62. The van der Waals surface area contributed by atoms with Crippen LogP contribution in [0, 0.1) is 0 Å². The number of allylic oxidation sites excluding steroid dienone is 1. The third kappa shape index (κ3) is 3.70. The van der Waals surface area contributed by atoms with E-state index in [9.17, 15) is 0 Å². The third-order valence-corrected chi connectivity index (χ3v) is 4.91. The molecule has 0 heterocycles. The van der Waals surface area contributed by atoms with Crippen LogP contribution in [0.15, 0.2) is 73.3 Å². The Kier molecular flexibility index (Phi) is 5.97. The van der Waals surface area contributed by atoms with E-state index in [2.05, 4.69) is 67.2 Å². The largest absolute Gasteiger partial charge is 0.147 e. The molecule has 0 aliphatic heterocycles. The smallest absolute Gasteiger partial charge is 0.00669 e. The van der Waals surface area contributed by atoms with Crippen LogP contribution in [-0.4, -0.2) is 6.16 Å². The monoisotopic (exact) mass is 262 g/mol. The number of halogens is 1.